The molecular weight excluding hydrogens is 230 g/mol. The highest BCUT2D eigenvalue weighted by atomic mass is 14.5. The van der Waals surface area contributed by atoms with E-state index in [1.54, 1.807) is 0 Å². The average Bonchev–Trinajstić information content (AvgIpc) is 2.45. The van der Waals surface area contributed by atoms with Crippen molar-refractivity contribution >= 4 is 0 Å². The molecule has 2 rings (SSSR count). The van der Waals surface area contributed by atoms with Gasteiger partial charge in [0.1, 0.15) is 0 Å². The topological polar surface area (TPSA) is 23.8 Å². The minimum atomic E-state index is 0.0478. The van der Waals surface area contributed by atoms with Gasteiger partial charge in [-0.15, -0.1) is 0 Å². The van der Waals surface area contributed by atoms with Crippen LogP contribution in [-0.4, -0.2) is 0 Å². The Labute approximate surface area is 119 Å². The fraction of sp³-hybridized carbons (Fsp3) is 0.944. The molecule has 0 aromatic heterocycles. The Bertz CT molecular complexity index is 316. The van der Waals surface area contributed by atoms with E-state index in [0.29, 0.717) is 0 Å². The van der Waals surface area contributed by atoms with Crippen LogP contribution >= 0.6 is 0 Å². The number of hydrogen-bond acceptors (Lipinski definition) is 1. The summed E-state index contributed by atoms with van der Waals surface area (Å²) < 4.78 is 0. The normalized spacial score (nSPS) is 38.5. The van der Waals surface area contributed by atoms with Crippen LogP contribution in [0.25, 0.3) is 0 Å². The van der Waals surface area contributed by atoms with Gasteiger partial charge in [0.2, 0.25) is 0 Å². The minimum absolute atomic E-state index is 0.0478. The van der Waals surface area contributed by atoms with Crippen molar-refractivity contribution in [1.29, 1.82) is 5.26 Å². The molecule has 0 aromatic carbocycles. The molecule has 0 N–H and O–H groups in total. The van der Waals surface area contributed by atoms with Crippen LogP contribution in [0.1, 0.15) is 84.5 Å². The molecule has 108 valence electrons. The fourth-order valence-electron chi connectivity index (χ4n) is 4.73. The molecule has 4 atom stereocenters. The number of hydrogen-bond donors (Lipinski definition) is 0. The van der Waals surface area contributed by atoms with Crippen molar-refractivity contribution in [2.24, 2.45) is 23.2 Å². The SMILES string of the molecule is CCCCC1CCC2CC(C#N)(CCC)CCC2C1. The van der Waals surface area contributed by atoms with Gasteiger partial charge in [0.15, 0.2) is 0 Å². The number of rotatable bonds is 5. The van der Waals surface area contributed by atoms with Gasteiger partial charge in [0.25, 0.3) is 0 Å². The highest BCUT2D eigenvalue weighted by molar-refractivity contribution is 5.04. The second-order valence-electron chi connectivity index (χ2n) is 7.23. The largest absolute Gasteiger partial charge is 0.198 e. The maximum Gasteiger partial charge on any atom is 0.0689 e. The Morgan fingerprint density at radius 3 is 2.63 bits per heavy atom. The average molecular weight is 261 g/mol. The second kappa shape index (κ2) is 6.78. The molecule has 2 fully saturated rings. The van der Waals surface area contributed by atoms with Gasteiger partial charge in [-0.05, 0) is 56.3 Å². The lowest BCUT2D eigenvalue weighted by molar-refractivity contribution is 0.0626. The van der Waals surface area contributed by atoms with Crippen LogP contribution in [-0.2, 0) is 0 Å². The van der Waals surface area contributed by atoms with Crippen molar-refractivity contribution in [2.75, 3.05) is 0 Å². The molecule has 0 saturated heterocycles. The molecule has 2 aliphatic rings. The Balaban J connectivity index is 1.89. The Morgan fingerprint density at radius 2 is 1.95 bits per heavy atom. The van der Waals surface area contributed by atoms with Crippen molar-refractivity contribution in [3.05, 3.63) is 0 Å². The van der Waals surface area contributed by atoms with Gasteiger partial charge in [-0.2, -0.15) is 5.26 Å². The number of fused-ring (bicyclic) bond motifs is 1. The second-order valence-corrected chi connectivity index (χ2v) is 7.23. The third kappa shape index (κ3) is 3.53. The number of nitrogens with zero attached hydrogens (tertiary/aromatic N) is 1. The van der Waals surface area contributed by atoms with Crippen LogP contribution in [0, 0.1) is 34.5 Å². The summed E-state index contributed by atoms with van der Waals surface area (Å²) in [4.78, 5) is 0. The molecule has 0 heterocycles. The lowest BCUT2D eigenvalue weighted by Gasteiger charge is -2.45. The zero-order valence-electron chi connectivity index (χ0n) is 13.0. The molecule has 1 nitrogen and oxygen atoms in total. The highest BCUT2D eigenvalue weighted by Crippen LogP contribution is 2.51. The molecule has 1 heteroatoms. The lowest BCUT2D eigenvalue weighted by atomic mass is 9.58. The molecule has 0 aliphatic heterocycles. The molecule has 19 heavy (non-hydrogen) atoms. The Kier molecular flexibility index (Phi) is 5.31. The summed E-state index contributed by atoms with van der Waals surface area (Å²) in [6, 6.07) is 2.70. The van der Waals surface area contributed by atoms with Gasteiger partial charge in [0, 0.05) is 0 Å². The van der Waals surface area contributed by atoms with E-state index in [1.165, 1.54) is 64.2 Å². The Morgan fingerprint density at radius 1 is 1.11 bits per heavy atom. The zero-order chi connectivity index (χ0) is 13.7. The van der Waals surface area contributed by atoms with Crippen LogP contribution in [0.2, 0.25) is 0 Å². The van der Waals surface area contributed by atoms with Gasteiger partial charge < -0.3 is 0 Å². The van der Waals surface area contributed by atoms with Crippen molar-refractivity contribution in [3.63, 3.8) is 0 Å². The van der Waals surface area contributed by atoms with Gasteiger partial charge in [-0.1, -0.05) is 46.0 Å². The third-order valence-electron chi connectivity index (χ3n) is 5.83. The summed E-state index contributed by atoms with van der Waals surface area (Å²) >= 11 is 0. The van der Waals surface area contributed by atoms with Crippen molar-refractivity contribution in [1.82, 2.24) is 0 Å². The van der Waals surface area contributed by atoms with Gasteiger partial charge in [-0.3, -0.25) is 0 Å². The van der Waals surface area contributed by atoms with E-state index in [4.69, 9.17) is 0 Å². The quantitative estimate of drug-likeness (QED) is 0.622. The predicted molar refractivity (Wildman–Crippen MR) is 80.7 cm³/mol. The summed E-state index contributed by atoms with van der Waals surface area (Å²) in [5.74, 6) is 2.83. The van der Waals surface area contributed by atoms with Gasteiger partial charge in [-0.25, -0.2) is 0 Å². The van der Waals surface area contributed by atoms with E-state index in [2.05, 4.69) is 19.9 Å². The van der Waals surface area contributed by atoms with Crippen LogP contribution in [0.5, 0.6) is 0 Å². The minimum Gasteiger partial charge on any atom is -0.198 e. The molecule has 4 unspecified atom stereocenters. The third-order valence-corrected chi connectivity index (χ3v) is 5.83. The number of nitriles is 1. The fourth-order valence-corrected chi connectivity index (χ4v) is 4.73. The molecule has 0 radical (unpaired) electrons. The van der Waals surface area contributed by atoms with Crippen LogP contribution in [0.4, 0.5) is 0 Å². The van der Waals surface area contributed by atoms with E-state index in [0.717, 1.165) is 24.2 Å². The molecular formula is C18H31N. The maximum atomic E-state index is 9.58. The van der Waals surface area contributed by atoms with Gasteiger partial charge in [0.05, 0.1) is 11.5 Å². The van der Waals surface area contributed by atoms with Crippen LogP contribution in [0.15, 0.2) is 0 Å². The summed E-state index contributed by atoms with van der Waals surface area (Å²) in [6.07, 6.45) is 14.6. The first-order valence-electron chi connectivity index (χ1n) is 8.64. The first kappa shape index (κ1) is 14.9. The summed E-state index contributed by atoms with van der Waals surface area (Å²) in [5.41, 5.74) is 0.0478. The van der Waals surface area contributed by atoms with Crippen molar-refractivity contribution < 1.29 is 0 Å². The van der Waals surface area contributed by atoms with E-state index in [1.807, 2.05) is 0 Å². The highest BCUT2D eigenvalue weighted by Gasteiger charge is 2.42. The predicted octanol–water partition coefficient (Wildman–Crippen LogP) is 5.70. The van der Waals surface area contributed by atoms with E-state index in [9.17, 15) is 5.26 Å². The van der Waals surface area contributed by atoms with E-state index < -0.39 is 0 Å². The molecule has 0 bridgehead atoms. The van der Waals surface area contributed by atoms with Crippen LogP contribution < -0.4 is 0 Å². The maximum absolute atomic E-state index is 9.58. The standard InChI is InChI=1S/C18H31N/c1-3-5-6-15-7-8-17-13-18(14-19,10-4-2)11-9-16(17)12-15/h15-17H,3-13H2,1-2H3. The molecule has 2 aliphatic carbocycles. The molecule has 0 amide bonds. The number of unbranched alkanes of at least 4 members (excludes halogenated alkanes) is 1. The molecule has 2 saturated carbocycles. The van der Waals surface area contributed by atoms with Crippen LogP contribution in [0.3, 0.4) is 0 Å². The summed E-state index contributed by atoms with van der Waals surface area (Å²) in [5, 5.41) is 9.58. The molecule has 0 aromatic rings. The lowest BCUT2D eigenvalue weighted by Crippen LogP contribution is -2.36. The summed E-state index contributed by atoms with van der Waals surface area (Å²) in [6.45, 7) is 4.53. The molecule has 0 spiro atoms. The first-order valence-corrected chi connectivity index (χ1v) is 8.64. The van der Waals surface area contributed by atoms with E-state index >= 15 is 0 Å². The smallest absolute Gasteiger partial charge is 0.0689 e. The van der Waals surface area contributed by atoms with Crippen molar-refractivity contribution in [2.45, 2.75) is 84.5 Å². The summed E-state index contributed by atoms with van der Waals surface area (Å²) in [7, 11) is 0. The first-order chi connectivity index (χ1) is 9.23. The van der Waals surface area contributed by atoms with Crippen molar-refractivity contribution in [3.8, 4) is 6.07 Å². The Hall–Kier alpha value is -0.510. The monoisotopic (exact) mass is 261 g/mol. The zero-order valence-corrected chi connectivity index (χ0v) is 13.0. The van der Waals surface area contributed by atoms with Gasteiger partial charge >= 0.3 is 0 Å². The van der Waals surface area contributed by atoms with E-state index in [-0.39, 0.29) is 5.41 Å².